The van der Waals surface area contributed by atoms with E-state index in [4.69, 9.17) is 9.47 Å². The van der Waals surface area contributed by atoms with E-state index >= 15 is 0 Å². The van der Waals surface area contributed by atoms with Crippen molar-refractivity contribution < 1.29 is 19.1 Å². The first-order valence-electron chi connectivity index (χ1n) is 7.30. The maximum atomic E-state index is 11.9. The maximum Gasteiger partial charge on any atom is 0.323 e. The average molecular weight is 291 g/mol. The number of esters is 2. The standard InChI is InChI=1S/C16H21NO4/c1-3-20-15(18)13-10-14(16(19)21-4-2)17(13)11-12-8-6-5-7-9-12/h5-9,13-14H,3-4,10-11H2,1-2H3/t13-,14-/m0/s1. The molecule has 2 rings (SSSR count). The second-order valence-electron chi connectivity index (χ2n) is 4.93. The lowest BCUT2D eigenvalue weighted by Crippen LogP contribution is -2.62. The minimum Gasteiger partial charge on any atom is -0.465 e. The Morgan fingerprint density at radius 2 is 1.57 bits per heavy atom. The molecule has 0 radical (unpaired) electrons. The largest absolute Gasteiger partial charge is 0.465 e. The van der Waals surface area contributed by atoms with Crippen LogP contribution in [0.1, 0.15) is 25.8 Å². The fourth-order valence-corrected chi connectivity index (χ4v) is 2.52. The third-order valence-electron chi connectivity index (χ3n) is 3.57. The van der Waals surface area contributed by atoms with Crippen LogP contribution in [-0.4, -0.2) is 42.1 Å². The zero-order chi connectivity index (χ0) is 15.2. The summed E-state index contributed by atoms with van der Waals surface area (Å²) in [6.07, 6.45) is 0.463. The second-order valence-corrected chi connectivity index (χ2v) is 4.93. The molecule has 1 aliphatic heterocycles. The van der Waals surface area contributed by atoms with Gasteiger partial charge in [-0.15, -0.1) is 0 Å². The van der Waals surface area contributed by atoms with Gasteiger partial charge in [-0.1, -0.05) is 30.3 Å². The van der Waals surface area contributed by atoms with E-state index in [2.05, 4.69) is 0 Å². The summed E-state index contributed by atoms with van der Waals surface area (Å²) in [7, 11) is 0. The predicted octanol–water partition coefficient (Wildman–Crippen LogP) is 1.76. The summed E-state index contributed by atoms with van der Waals surface area (Å²) < 4.78 is 10.1. The number of hydrogen-bond acceptors (Lipinski definition) is 5. The van der Waals surface area contributed by atoms with Gasteiger partial charge in [0.1, 0.15) is 12.1 Å². The van der Waals surface area contributed by atoms with Crippen molar-refractivity contribution in [2.24, 2.45) is 0 Å². The van der Waals surface area contributed by atoms with Gasteiger partial charge in [-0.3, -0.25) is 14.5 Å². The number of nitrogens with zero attached hydrogens (tertiary/aromatic N) is 1. The Bertz CT molecular complexity index is 464. The van der Waals surface area contributed by atoms with E-state index in [0.717, 1.165) is 5.56 Å². The Hall–Kier alpha value is -1.88. The van der Waals surface area contributed by atoms with Crippen LogP contribution in [0, 0.1) is 0 Å². The maximum absolute atomic E-state index is 11.9. The first-order valence-corrected chi connectivity index (χ1v) is 7.30. The van der Waals surface area contributed by atoms with E-state index in [1.54, 1.807) is 13.8 Å². The normalized spacial score (nSPS) is 21.4. The fourth-order valence-electron chi connectivity index (χ4n) is 2.52. The molecule has 0 unspecified atom stereocenters. The van der Waals surface area contributed by atoms with Crippen molar-refractivity contribution in [3.05, 3.63) is 35.9 Å². The molecule has 0 saturated carbocycles. The molecule has 5 heteroatoms. The monoisotopic (exact) mass is 291 g/mol. The predicted molar refractivity (Wildman–Crippen MR) is 77.4 cm³/mol. The van der Waals surface area contributed by atoms with Gasteiger partial charge in [0.15, 0.2) is 0 Å². The highest BCUT2D eigenvalue weighted by molar-refractivity contribution is 5.84. The van der Waals surface area contributed by atoms with Gasteiger partial charge in [-0.25, -0.2) is 0 Å². The summed E-state index contributed by atoms with van der Waals surface area (Å²) in [4.78, 5) is 25.7. The van der Waals surface area contributed by atoms with E-state index in [9.17, 15) is 9.59 Å². The van der Waals surface area contributed by atoms with E-state index in [0.29, 0.717) is 26.2 Å². The Labute approximate surface area is 124 Å². The molecule has 0 bridgehead atoms. The van der Waals surface area contributed by atoms with Crippen molar-refractivity contribution >= 4 is 11.9 Å². The Balaban J connectivity index is 2.07. The molecule has 1 heterocycles. The van der Waals surface area contributed by atoms with Gasteiger partial charge in [0.25, 0.3) is 0 Å². The number of ether oxygens (including phenoxy) is 2. The number of carbonyl (C=O) groups excluding carboxylic acids is 2. The van der Waals surface area contributed by atoms with Crippen LogP contribution in [0.3, 0.4) is 0 Å². The molecule has 1 fully saturated rings. The molecule has 0 N–H and O–H groups in total. The molecule has 114 valence electrons. The lowest BCUT2D eigenvalue weighted by Gasteiger charge is -2.45. The van der Waals surface area contributed by atoms with Crippen LogP contribution < -0.4 is 0 Å². The number of rotatable bonds is 6. The van der Waals surface area contributed by atoms with Crippen LogP contribution in [0.2, 0.25) is 0 Å². The van der Waals surface area contributed by atoms with E-state index in [-0.39, 0.29) is 24.0 Å². The highest BCUT2D eigenvalue weighted by atomic mass is 16.5. The van der Waals surface area contributed by atoms with Crippen molar-refractivity contribution in [3.8, 4) is 0 Å². The summed E-state index contributed by atoms with van der Waals surface area (Å²) in [5.41, 5.74) is 1.06. The molecule has 1 saturated heterocycles. The highest BCUT2D eigenvalue weighted by Crippen LogP contribution is 2.30. The zero-order valence-electron chi connectivity index (χ0n) is 12.5. The Morgan fingerprint density at radius 3 is 2.05 bits per heavy atom. The van der Waals surface area contributed by atoms with Gasteiger partial charge in [0.2, 0.25) is 0 Å². The van der Waals surface area contributed by atoms with Gasteiger partial charge in [0, 0.05) is 6.54 Å². The van der Waals surface area contributed by atoms with E-state index < -0.39 is 0 Å². The van der Waals surface area contributed by atoms with Gasteiger partial charge >= 0.3 is 11.9 Å². The summed E-state index contributed by atoms with van der Waals surface area (Å²) in [6.45, 7) is 4.78. The van der Waals surface area contributed by atoms with Crippen molar-refractivity contribution in [2.45, 2.75) is 38.9 Å². The zero-order valence-corrected chi connectivity index (χ0v) is 12.5. The highest BCUT2D eigenvalue weighted by Gasteiger charge is 2.48. The number of carbonyl (C=O) groups is 2. The minimum absolute atomic E-state index is 0.269. The minimum atomic E-state index is -0.362. The molecule has 21 heavy (non-hydrogen) atoms. The van der Waals surface area contributed by atoms with Crippen LogP contribution >= 0.6 is 0 Å². The lowest BCUT2D eigenvalue weighted by molar-refractivity contribution is -0.171. The fraction of sp³-hybridized carbons (Fsp3) is 0.500. The number of hydrogen-bond donors (Lipinski definition) is 0. The molecule has 1 aromatic rings. The van der Waals surface area contributed by atoms with E-state index in [1.165, 1.54) is 0 Å². The lowest BCUT2D eigenvalue weighted by atomic mass is 9.91. The second kappa shape index (κ2) is 7.22. The van der Waals surface area contributed by atoms with Crippen LogP contribution in [0.15, 0.2) is 30.3 Å². The van der Waals surface area contributed by atoms with Crippen LogP contribution in [0.25, 0.3) is 0 Å². The Kier molecular flexibility index (Phi) is 5.33. The number of likely N-dealkylation sites (tertiary alicyclic amines) is 1. The Morgan fingerprint density at radius 1 is 1.05 bits per heavy atom. The van der Waals surface area contributed by atoms with E-state index in [1.807, 2.05) is 35.2 Å². The van der Waals surface area contributed by atoms with Crippen molar-refractivity contribution in [3.63, 3.8) is 0 Å². The quantitative estimate of drug-likeness (QED) is 0.747. The number of benzene rings is 1. The first kappa shape index (κ1) is 15.5. The van der Waals surface area contributed by atoms with Crippen LogP contribution in [0.4, 0.5) is 0 Å². The van der Waals surface area contributed by atoms with Gasteiger partial charge < -0.3 is 9.47 Å². The van der Waals surface area contributed by atoms with Gasteiger partial charge in [-0.05, 0) is 25.8 Å². The molecule has 0 amide bonds. The molecule has 1 aliphatic rings. The molecule has 0 aliphatic carbocycles. The first-order chi connectivity index (χ1) is 10.2. The average Bonchev–Trinajstić information content (AvgIpc) is 2.45. The third kappa shape index (κ3) is 3.61. The van der Waals surface area contributed by atoms with Gasteiger partial charge in [-0.2, -0.15) is 0 Å². The molecular formula is C16H21NO4. The van der Waals surface area contributed by atoms with Gasteiger partial charge in [0.05, 0.1) is 13.2 Å². The summed E-state index contributed by atoms with van der Waals surface area (Å²) in [5.74, 6) is -0.539. The summed E-state index contributed by atoms with van der Waals surface area (Å²) in [5, 5.41) is 0. The molecule has 5 nitrogen and oxygen atoms in total. The summed E-state index contributed by atoms with van der Waals surface area (Å²) in [6, 6.07) is 9.04. The van der Waals surface area contributed by atoms with Crippen LogP contribution in [-0.2, 0) is 25.6 Å². The van der Waals surface area contributed by atoms with Crippen molar-refractivity contribution in [1.29, 1.82) is 0 Å². The molecule has 1 aromatic carbocycles. The van der Waals surface area contributed by atoms with Crippen molar-refractivity contribution in [2.75, 3.05) is 13.2 Å². The SMILES string of the molecule is CCOC(=O)[C@@H]1C[C@@H](C(=O)OCC)N1Cc1ccccc1. The third-order valence-corrected chi connectivity index (χ3v) is 3.57. The summed E-state index contributed by atoms with van der Waals surface area (Å²) >= 11 is 0. The molecule has 2 atom stereocenters. The molecule has 0 aromatic heterocycles. The topological polar surface area (TPSA) is 55.8 Å². The molecule has 0 spiro atoms. The molecular weight excluding hydrogens is 270 g/mol. The van der Waals surface area contributed by atoms with Crippen molar-refractivity contribution in [1.82, 2.24) is 4.90 Å². The smallest absolute Gasteiger partial charge is 0.323 e. The van der Waals surface area contributed by atoms with Crippen LogP contribution in [0.5, 0.6) is 0 Å².